The van der Waals surface area contributed by atoms with Crippen molar-refractivity contribution in [1.82, 2.24) is 19.1 Å². The Balaban J connectivity index is 1.13. The van der Waals surface area contributed by atoms with E-state index < -0.39 is 0 Å². The van der Waals surface area contributed by atoms with Crippen molar-refractivity contribution in [3.05, 3.63) is 193 Å². The van der Waals surface area contributed by atoms with E-state index in [4.69, 9.17) is 9.97 Å². The summed E-state index contributed by atoms with van der Waals surface area (Å²) in [6.45, 7) is 4.69. The van der Waals surface area contributed by atoms with Crippen molar-refractivity contribution in [3.8, 4) is 45.1 Å². The van der Waals surface area contributed by atoms with E-state index in [-0.39, 0.29) is 5.41 Å². The van der Waals surface area contributed by atoms with Gasteiger partial charge in [0, 0.05) is 43.6 Å². The topological polar surface area (TPSA) is 35.6 Å². The molecule has 0 saturated carbocycles. The lowest BCUT2D eigenvalue weighted by molar-refractivity contribution is 0.661. The van der Waals surface area contributed by atoms with Crippen LogP contribution >= 0.6 is 0 Å². The molecule has 268 valence electrons. The second-order valence-electron chi connectivity index (χ2n) is 15.8. The van der Waals surface area contributed by atoms with Crippen LogP contribution in [0.5, 0.6) is 0 Å². The van der Waals surface area contributed by atoms with Gasteiger partial charge in [-0.15, -0.1) is 0 Å². The van der Waals surface area contributed by atoms with Crippen LogP contribution in [0.2, 0.25) is 0 Å². The standard InChI is InChI=1S/C53H36N4/c1-53(2)44-22-12-9-19-37(44)40-31-43-42-30-35(34-25-27-48-41(29-34)38-20-11-14-24-47(38)56(48)36-17-7-4-8-18-36)26-28-49(42)57(50(43)32-45(40)53)52-54-46-23-13-10-21-39(46)51(55-52)33-15-5-3-6-16-33/h3-32H,1-2H3. The maximum Gasteiger partial charge on any atom is 0.235 e. The van der Waals surface area contributed by atoms with Gasteiger partial charge >= 0.3 is 0 Å². The molecule has 0 saturated heterocycles. The van der Waals surface area contributed by atoms with Crippen LogP contribution in [-0.2, 0) is 5.41 Å². The molecule has 0 radical (unpaired) electrons. The Kier molecular flexibility index (Phi) is 6.65. The van der Waals surface area contributed by atoms with E-state index >= 15 is 0 Å². The van der Waals surface area contributed by atoms with Crippen LogP contribution in [0.25, 0.3) is 99.7 Å². The Bertz CT molecular complexity index is 3420. The minimum atomic E-state index is -0.152. The largest absolute Gasteiger partial charge is 0.309 e. The van der Waals surface area contributed by atoms with Gasteiger partial charge in [-0.25, -0.2) is 9.97 Å². The van der Waals surface area contributed by atoms with Crippen molar-refractivity contribution in [3.63, 3.8) is 0 Å². The monoisotopic (exact) mass is 728 g/mol. The van der Waals surface area contributed by atoms with Gasteiger partial charge in [0.25, 0.3) is 0 Å². The zero-order valence-corrected chi connectivity index (χ0v) is 31.6. The molecule has 0 amide bonds. The first-order chi connectivity index (χ1) is 28.0. The summed E-state index contributed by atoms with van der Waals surface area (Å²) in [5.41, 5.74) is 16.2. The molecule has 0 aliphatic heterocycles. The van der Waals surface area contributed by atoms with Crippen LogP contribution < -0.4 is 0 Å². The number of benzene rings is 8. The highest BCUT2D eigenvalue weighted by Gasteiger charge is 2.36. The predicted molar refractivity (Wildman–Crippen MR) is 237 cm³/mol. The summed E-state index contributed by atoms with van der Waals surface area (Å²) in [7, 11) is 0. The molecule has 11 aromatic rings. The summed E-state index contributed by atoms with van der Waals surface area (Å²) in [5, 5.41) is 5.90. The van der Waals surface area contributed by atoms with E-state index in [1.165, 1.54) is 66.0 Å². The van der Waals surface area contributed by atoms with E-state index in [9.17, 15) is 0 Å². The second-order valence-corrected chi connectivity index (χ2v) is 15.8. The van der Waals surface area contributed by atoms with Gasteiger partial charge in [0.1, 0.15) is 0 Å². The Morgan fingerprint density at radius 1 is 0.386 bits per heavy atom. The number of aromatic nitrogens is 4. The fraction of sp³-hybridized carbons (Fsp3) is 0.0566. The first kappa shape index (κ1) is 32.0. The van der Waals surface area contributed by atoms with Crippen LogP contribution in [0.1, 0.15) is 25.0 Å². The SMILES string of the molecule is CC1(C)c2ccccc2-c2cc3c4cc(-c5ccc6c(c5)c5ccccc5n6-c5ccccc5)ccc4n(-c4nc(-c5ccccc5)c5ccccc5n4)c3cc21. The molecule has 0 fully saturated rings. The summed E-state index contributed by atoms with van der Waals surface area (Å²) < 4.78 is 4.67. The molecule has 12 rings (SSSR count). The minimum absolute atomic E-state index is 0.152. The van der Waals surface area contributed by atoms with Crippen LogP contribution in [0.15, 0.2) is 182 Å². The molecule has 3 aromatic heterocycles. The molecule has 57 heavy (non-hydrogen) atoms. The van der Waals surface area contributed by atoms with Crippen molar-refractivity contribution >= 4 is 54.5 Å². The molecular weight excluding hydrogens is 693 g/mol. The third kappa shape index (κ3) is 4.62. The van der Waals surface area contributed by atoms with E-state index in [1.807, 2.05) is 0 Å². The smallest absolute Gasteiger partial charge is 0.235 e. The molecule has 1 aliphatic rings. The molecule has 4 heteroatoms. The zero-order valence-electron chi connectivity index (χ0n) is 31.6. The molecular formula is C53H36N4. The lowest BCUT2D eigenvalue weighted by Crippen LogP contribution is -2.15. The maximum atomic E-state index is 5.40. The maximum absolute atomic E-state index is 5.40. The lowest BCUT2D eigenvalue weighted by atomic mass is 9.82. The molecule has 0 N–H and O–H groups in total. The van der Waals surface area contributed by atoms with E-state index in [2.05, 4.69) is 205 Å². The Hall–Kier alpha value is -7.30. The number of nitrogens with zero attached hydrogens (tertiary/aromatic N) is 4. The highest BCUT2D eigenvalue weighted by molar-refractivity contribution is 6.14. The second kappa shape index (κ2) is 11.8. The molecule has 3 heterocycles. The number of para-hydroxylation sites is 3. The average Bonchev–Trinajstić information content (AvgIpc) is 3.85. The lowest BCUT2D eigenvalue weighted by Gasteiger charge is -2.21. The molecule has 1 aliphatic carbocycles. The third-order valence-electron chi connectivity index (χ3n) is 12.3. The number of fused-ring (bicyclic) bond motifs is 10. The van der Waals surface area contributed by atoms with Gasteiger partial charge < -0.3 is 4.57 Å². The van der Waals surface area contributed by atoms with Crippen molar-refractivity contribution in [1.29, 1.82) is 0 Å². The van der Waals surface area contributed by atoms with Gasteiger partial charge in [0.2, 0.25) is 5.95 Å². The van der Waals surface area contributed by atoms with E-state index in [1.54, 1.807) is 0 Å². The Morgan fingerprint density at radius 3 is 1.77 bits per heavy atom. The molecule has 0 bridgehead atoms. The number of rotatable bonds is 4. The number of hydrogen-bond acceptors (Lipinski definition) is 2. The highest BCUT2D eigenvalue weighted by atomic mass is 15.2. The van der Waals surface area contributed by atoms with Gasteiger partial charge in [-0.2, -0.15) is 0 Å². The molecule has 0 atom stereocenters. The summed E-state index contributed by atoms with van der Waals surface area (Å²) in [4.78, 5) is 10.7. The third-order valence-corrected chi connectivity index (χ3v) is 12.3. The molecule has 0 unspecified atom stereocenters. The molecule has 0 spiro atoms. The fourth-order valence-electron chi connectivity index (χ4n) is 9.60. The van der Waals surface area contributed by atoms with Gasteiger partial charge in [-0.3, -0.25) is 4.57 Å². The summed E-state index contributed by atoms with van der Waals surface area (Å²) in [5.74, 6) is 0.670. The van der Waals surface area contributed by atoms with E-state index in [0.717, 1.165) is 38.9 Å². The van der Waals surface area contributed by atoms with Crippen LogP contribution in [0, 0.1) is 0 Å². The summed E-state index contributed by atoms with van der Waals surface area (Å²) in [6.07, 6.45) is 0. The van der Waals surface area contributed by atoms with Gasteiger partial charge in [-0.05, 0) is 94.0 Å². The number of hydrogen-bond donors (Lipinski definition) is 0. The van der Waals surface area contributed by atoms with Crippen LogP contribution in [-0.4, -0.2) is 19.1 Å². The van der Waals surface area contributed by atoms with Gasteiger partial charge in [0.15, 0.2) is 0 Å². The quantitative estimate of drug-likeness (QED) is 0.181. The first-order valence-electron chi connectivity index (χ1n) is 19.7. The minimum Gasteiger partial charge on any atom is -0.309 e. The predicted octanol–water partition coefficient (Wildman–Crippen LogP) is 13.5. The van der Waals surface area contributed by atoms with Gasteiger partial charge in [0.05, 0.1) is 33.3 Å². The van der Waals surface area contributed by atoms with Crippen LogP contribution in [0.4, 0.5) is 0 Å². The zero-order chi connectivity index (χ0) is 37.8. The molecule has 8 aromatic carbocycles. The fourth-order valence-corrected chi connectivity index (χ4v) is 9.60. The van der Waals surface area contributed by atoms with Crippen molar-refractivity contribution in [2.24, 2.45) is 0 Å². The molecule has 4 nitrogen and oxygen atoms in total. The summed E-state index contributed by atoms with van der Waals surface area (Å²) in [6, 6.07) is 65.8. The first-order valence-corrected chi connectivity index (χ1v) is 19.7. The average molecular weight is 729 g/mol. The van der Waals surface area contributed by atoms with Gasteiger partial charge in [-0.1, -0.05) is 135 Å². The summed E-state index contributed by atoms with van der Waals surface area (Å²) >= 11 is 0. The Morgan fingerprint density at radius 2 is 0.982 bits per heavy atom. The van der Waals surface area contributed by atoms with E-state index in [0.29, 0.717) is 5.95 Å². The van der Waals surface area contributed by atoms with Crippen molar-refractivity contribution < 1.29 is 0 Å². The van der Waals surface area contributed by atoms with Crippen molar-refractivity contribution in [2.45, 2.75) is 19.3 Å². The van der Waals surface area contributed by atoms with Crippen LogP contribution in [0.3, 0.4) is 0 Å². The van der Waals surface area contributed by atoms with Crippen molar-refractivity contribution in [2.75, 3.05) is 0 Å². The normalized spacial score (nSPS) is 13.2. The highest BCUT2D eigenvalue weighted by Crippen LogP contribution is 2.51. The Labute approximate surface area is 329 Å².